The Morgan fingerprint density at radius 1 is 1.31 bits per heavy atom. The van der Waals surface area contributed by atoms with Gasteiger partial charge in [-0.15, -0.1) is 0 Å². The van der Waals surface area contributed by atoms with E-state index in [9.17, 15) is 13.2 Å². The molecule has 0 aliphatic rings. The van der Waals surface area contributed by atoms with Crippen molar-refractivity contribution in [2.45, 2.75) is 43.3 Å². The highest BCUT2D eigenvalue weighted by Crippen LogP contribution is 2.31. The van der Waals surface area contributed by atoms with Gasteiger partial charge < -0.3 is 14.6 Å². The van der Waals surface area contributed by atoms with E-state index >= 15 is 0 Å². The fourth-order valence-corrected chi connectivity index (χ4v) is 4.68. The molecule has 1 heterocycles. The van der Waals surface area contributed by atoms with Crippen molar-refractivity contribution < 1.29 is 17.9 Å². The van der Waals surface area contributed by atoms with Crippen LogP contribution < -0.4 is 15.2 Å². The number of fused-ring (bicyclic) bond motifs is 1. The summed E-state index contributed by atoms with van der Waals surface area (Å²) in [6.45, 7) is 4.63. The predicted molar refractivity (Wildman–Crippen MR) is 128 cm³/mol. The van der Waals surface area contributed by atoms with Gasteiger partial charge in [-0.3, -0.25) is 4.79 Å². The Hall–Kier alpha value is -2.27. The molecule has 172 valence electrons. The smallest absolute Gasteiger partial charge is 0.238 e. The summed E-state index contributed by atoms with van der Waals surface area (Å²) in [4.78, 5) is 17.2. The molecule has 3 N–H and O–H groups in total. The molecule has 0 saturated carbocycles. The molecule has 0 spiro atoms. The Bertz CT molecular complexity index is 1260. The Balaban J connectivity index is 1.83. The second-order valence-electron chi connectivity index (χ2n) is 7.23. The van der Waals surface area contributed by atoms with Crippen LogP contribution in [0.3, 0.4) is 0 Å². The topological polar surface area (TPSA) is 116 Å². The highest BCUT2D eigenvalue weighted by Gasteiger charge is 2.17. The van der Waals surface area contributed by atoms with Crippen molar-refractivity contribution in [3.05, 3.63) is 40.9 Å². The summed E-state index contributed by atoms with van der Waals surface area (Å²) in [6.07, 6.45) is 1.90. The molecule has 0 atom stereocenters. The number of aromatic nitrogens is 2. The maximum absolute atomic E-state index is 12.6. The van der Waals surface area contributed by atoms with E-state index in [1.807, 2.05) is 11.5 Å². The molecule has 3 rings (SSSR count). The highest BCUT2D eigenvalue weighted by molar-refractivity contribution is 7.99. The maximum atomic E-state index is 12.6. The summed E-state index contributed by atoms with van der Waals surface area (Å²) in [5.41, 5.74) is 2.68. The molecule has 32 heavy (non-hydrogen) atoms. The van der Waals surface area contributed by atoms with Gasteiger partial charge in [0.15, 0.2) is 5.16 Å². The Morgan fingerprint density at radius 3 is 2.72 bits per heavy atom. The monoisotopic (exact) mass is 496 g/mol. The minimum atomic E-state index is -3.83. The van der Waals surface area contributed by atoms with Crippen LogP contribution in [-0.4, -0.2) is 36.7 Å². The van der Waals surface area contributed by atoms with Crippen molar-refractivity contribution in [3.63, 3.8) is 0 Å². The van der Waals surface area contributed by atoms with Gasteiger partial charge in [0.25, 0.3) is 0 Å². The third-order valence-corrected chi connectivity index (χ3v) is 7.13. The number of rotatable bonds is 9. The number of carbonyl (C=O) groups excluding carboxylic acids is 1. The number of hydrogen-bond acceptors (Lipinski definition) is 6. The van der Waals surface area contributed by atoms with Crippen LogP contribution in [-0.2, 0) is 21.4 Å². The molecule has 1 aromatic heterocycles. The standard InChI is InChI=1S/C21H25ClN4O4S2/c1-4-5-8-26-18-7-6-14(32(23,28)29)10-16(18)25-21(26)31-12-20(27)24-17-9-13(2)15(22)11-19(17)30-3/h6-7,9-11H,4-5,8,12H2,1-3H3,(H,24,27)(H2,23,28,29). The minimum absolute atomic E-state index is 0.00429. The first-order chi connectivity index (χ1) is 15.1. The average Bonchev–Trinajstić information content (AvgIpc) is 3.09. The number of unbranched alkanes of at least 4 members (excludes halogenated alkanes) is 1. The number of nitrogens with one attached hydrogen (secondary N) is 1. The van der Waals surface area contributed by atoms with Crippen molar-refractivity contribution in [1.82, 2.24) is 9.55 Å². The number of halogens is 1. The molecular weight excluding hydrogens is 472 g/mol. The molecule has 11 heteroatoms. The van der Waals surface area contributed by atoms with E-state index in [1.165, 1.54) is 31.0 Å². The maximum Gasteiger partial charge on any atom is 0.238 e. The van der Waals surface area contributed by atoms with E-state index in [1.54, 1.807) is 18.2 Å². The lowest BCUT2D eigenvalue weighted by atomic mass is 10.2. The summed E-state index contributed by atoms with van der Waals surface area (Å²) in [5, 5.41) is 9.29. The van der Waals surface area contributed by atoms with Crippen LogP contribution in [0.4, 0.5) is 5.69 Å². The molecule has 0 bridgehead atoms. The zero-order chi connectivity index (χ0) is 23.5. The molecule has 8 nitrogen and oxygen atoms in total. The minimum Gasteiger partial charge on any atom is -0.495 e. The van der Waals surface area contributed by atoms with E-state index in [0.29, 0.717) is 33.7 Å². The van der Waals surface area contributed by atoms with Gasteiger partial charge in [-0.25, -0.2) is 18.5 Å². The summed E-state index contributed by atoms with van der Waals surface area (Å²) < 4.78 is 30.7. The van der Waals surface area contributed by atoms with E-state index < -0.39 is 10.0 Å². The molecule has 0 fully saturated rings. The fraction of sp³-hybridized carbons (Fsp3) is 0.333. The number of anilines is 1. The Labute approximate surface area is 196 Å². The number of thioether (sulfide) groups is 1. The normalized spacial score (nSPS) is 11.7. The number of sulfonamides is 1. The van der Waals surface area contributed by atoms with Gasteiger partial charge in [-0.05, 0) is 43.2 Å². The van der Waals surface area contributed by atoms with E-state index in [4.69, 9.17) is 21.5 Å². The molecule has 2 aromatic carbocycles. The van der Waals surface area contributed by atoms with E-state index in [0.717, 1.165) is 23.9 Å². The van der Waals surface area contributed by atoms with Crippen LogP contribution in [0.5, 0.6) is 5.75 Å². The predicted octanol–water partition coefficient (Wildman–Crippen LogP) is 4.19. The number of imidazole rings is 1. The Kier molecular flexibility index (Phi) is 7.71. The van der Waals surface area contributed by atoms with Gasteiger partial charge in [-0.1, -0.05) is 36.7 Å². The highest BCUT2D eigenvalue weighted by atomic mass is 35.5. The molecule has 0 unspecified atom stereocenters. The molecule has 1 amide bonds. The lowest BCUT2D eigenvalue weighted by Crippen LogP contribution is -2.15. The number of nitrogens with two attached hydrogens (primary N) is 1. The molecule has 3 aromatic rings. The summed E-state index contributed by atoms with van der Waals surface area (Å²) in [7, 11) is -2.32. The first kappa shape index (κ1) is 24.4. The second kappa shape index (κ2) is 10.1. The Morgan fingerprint density at radius 2 is 2.06 bits per heavy atom. The largest absolute Gasteiger partial charge is 0.495 e. The van der Waals surface area contributed by atoms with Gasteiger partial charge >= 0.3 is 0 Å². The summed E-state index contributed by atoms with van der Waals surface area (Å²) >= 11 is 7.40. The molecule has 0 aliphatic carbocycles. The number of methoxy groups -OCH3 is 1. The van der Waals surface area contributed by atoms with Crippen LogP contribution in [0.15, 0.2) is 40.4 Å². The van der Waals surface area contributed by atoms with Crippen molar-refractivity contribution in [2.24, 2.45) is 5.14 Å². The van der Waals surface area contributed by atoms with Gasteiger partial charge in [0.05, 0.1) is 34.5 Å². The van der Waals surface area contributed by atoms with Gasteiger partial charge in [-0.2, -0.15) is 0 Å². The fourth-order valence-electron chi connectivity index (χ4n) is 3.15. The number of nitrogens with zero attached hydrogens (tertiary/aromatic N) is 2. The van der Waals surface area contributed by atoms with Crippen molar-refractivity contribution >= 4 is 56.0 Å². The zero-order valence-electron chi connectivity index (χ0n) is 18.0. The van der Waals surface area contributed by atoms with Crippen molar-refractivity contribution in [3.8, 4) is 5.75 Å². The number of carbonyl (C=O) groups is 1. The number of benzene rings is 2. The molecule has 0 saturated heterocycles. The van der Waals surface area contributed by atoms with Crippen LogP contribution in [0, 0.1) is 6.92 Å². The average molecular weight is 497 g/mol. The third kappa shape index (κ3) is 5.55. The number of hydrogen-bond donors (Lipinski definition) is 2. The number of ether oxygens (including phenoxy) is 1. The van der Waals surface area contributed by atoms with Crippen molar-refractivity contribution in [2.75, 3.05) is 18.2 Å². The SMILES string of the molecule is CCCCn1c(SCC(=O)Nc2cc(C)c(Cl)cc2OC)nc2cc(S(N)(=O)=O)ccc21. The summed E-state index contributed by atoms with van der Waals surface area (Å²) in [5.74, 6) is 0.362. The summed E-state index contributed by atoms with van der Waals surface area (Å²) in [6, 6.07) is 8.04. The van der Waals surface area contributed by atoms with Crippen molar-refractivity contribution in [1.29, 1.82) is 0 Å². The number of amides is 1. The first-order valence-corrected chi connectivity index (χ1v) is 12.8. The van der Waals surface area contributed by atoms with Crippen LogP contribution >= 0.6 is 23.4 Å². The van der Waals surface area contributed by atoms with Gasteiger partial charge in [0.1, 0.15) is 5.75 Å². The third-order valence-electron chi connectivity index (χ3n) is 4.84. The first-order valence-electron chi connectivity index (χ1n) is 9.94. The number of primary sulfonamides is 1. The van der Waals surface area contributed by atoms with Crippen LogP contribution in [0.25, 0.3) is 11.0 Å². The lowest BCUT2D eigenvalue weighted by Gasteiger charge is -2.12. The van der Waals surface area contributed by atoms with Crippen LogP contribution in [0.1, 0.15) is 25.3 Å². The second-order valence-corrected chi connectivity index (χ2v) is 10.1. The zero-order valence-corrected chi connectivity index (χ0v) is 20.4. The van der Waals surface area contributed by atoms with Crippen LogP contribution in [0.2, 0.25) is 5.02 Å². The van der Waals surface area contributed by atoms with E-state index in [-0.39, 0.29) is 16.6 Å². The van der Waals surface area contributed by atoms with Gasteiger partial charge in [0, 0.05) is 17.6 Å². The molecule has 0 radical (unpaired) electrons. The quantitative estimate of drug-likeness (QED) is 0.429. The van der Waals surface area contributed by atoms with E-state index in [2.05, 4.69) is 17.2 Å². The molecular formula is C21H25ClN4O4S2. The molecule has 0 aliphatic heterocycles. The van der Waals surface area contributed by atoms with Gasteiger partial charge in [0.2, 0.25) is 15.9 Å². The lowest BCUT2D eigenvalue weighted by molar-refractivity contribution is -0.113. The number of aryl methyl sites for hydroxylation is 2.